The molecule has 0 aliphatic rings. The summed E-state index contributed by atoms with van der Waals surface area (Å²) in [5.74, 6) is 0.222. The summed E-state index contributed by atoms with van der Waals surface area (Å²) in [6.07, 6.45) is 11.5. The molecule has 4 nitrogen and oxygen atoms in total. The van der Waals surface area contributed by atoms with Crippen LogP contribution in [-0.2, 0) is 19.1 Å². The molecule has 0 unspecified atom stereocenters. The lowest BCUT2D eigenvalue weighted by atomic mass is 10.1. The second kappa shape index (κ2) is 16.8. The number of hydrogen-bond donors (Lipinski definition) is 0. The summed E-state index contributed by atoms with van der Waals surface area (Å²) in [6, 6.07) is 0. The van der Waals surface area contributed by atoms with Crippen LogP contribution in [0, 0.1) is 5.92 Å². The van der Waals surface area contributed by atoms with E-state index in [0.29, 0.717) is 32.0 Å². The molecule has 0 amide bonds. The van der Waals surface area contributed by atoms with E-state index >= 15 is 0 Å². The number of rotatable bonds is 16. The lowest BCUT2D eigenvalue weighted by Crippen LogP contribution is -2.11. The van der Waals surface area contributed by atoms with Gasteiger partial charge in [-0.15, -0.1) is 0 Å². The van der Waals surface area contributed by atoms with Crippen LogP contribution in [0.2, 0.25) is 0 Å². The molecule has 0 heterocycles. The van der Waals surface area contributed by atoms with Gasteiger partial charge in [0.2, 0.25) is 0 Å². The topological polar surface area (TPSA) is 52.6 Å². The first-order valence-electron chi connectivity index (χ1n) is 9.91. The highest BCUT2D eigenvalue weighted by Crippen LogP contribution is 2.10. The Labute approximate surface area is 148 Å². The van der Waals surface area contributed by atoms with Crippen LogP contribution in [0.25, 0.3) is 0 Å². The molecule has 24 heavy (non-hydrogen) atoms. The third-order valence-corrected chi connectivity index (χ3v) is 4.22. The standard InChI is InChI=1S/C20H38O4/c1-4-6-8-10-12-19(21)23-16-14-18(3)15-17-24-20(22)13-11-9-7-5-2/h18H,4-17H2,1-3H3. The van der Waals surface area contributed by atoms with Gasteiger partial charge in [0.25, 0.3) is 0 Å². The molecular weight excluding hydrogens is 304 g/mol. The second-order valence-corrected chi connectivity index (χ2v) is 6.74. The molecule has 0 N–H and O–H groups in total. The Balaban J connectivity index is 3.47. The Hall–Kier alpha value is -1.06. The van der Waals surface area contributed by atoms with E-state index in [0.717, 1.165) is 38.5 Å². The number of esters is 2. The number of ether oxygens (including phenoxy) is 2. The van der Waals surface area contributed by atoms with Crippen LogP contribution < -0.4 is 0 Å². The van der Waals surface area contributed by atoms with Gasteiger partial charge in [0, 0.05) is 12.8 Å². The Morgan fingerprint density at radius 2 is 1.12 bits per heavy atom. The molecule has 0 radical (unpaired) electrons. The molecule has 0 aromatic carbocycles. The summed E-state index contributed by atoms with van der Waals surface area (Å²) >= 11 is 0. The summed E-state index contributed by atoms with van der Waals surface area (Å²) in [6.45, 7) is 7.36. The fraction of sp³-hybridized carbons (Fsp3) is 0.900. The van der Waals surface area contributed by atoms with E-state index in [1.165, 1.54) is 25.7 Å². The molecule has 0 saturated carbocycles. The summed E-state index contributed by atoms with van der Waals surface area (Å²) in [7, 11) is 0. The van der Waals surface area contributed by atoms with Crippen molar-refractivity contribution in [3.8, 4) is 0 Å². The lowest BCUT2D eigenvalue weighted by Gasteiger charge is -2.12. The third kappa shape index (κ3) is 15.8. The monoisotopic (exact) mass is 342 g/mol. The first-order chi connectivity index (χ1) is 11.6. The highest BCUT2D eigenvalue weighted by Gasteiger charge is 2.08. The van der Waals surface area contributed by atoms with Crippen molar-refractivity contribution >= 4 is 11.9 Å². The maximum atomic E-state index is 11.5. The first-order valence-corrected chi connectivity index (χ1v) is 9.91. The number of carbonyl (C=O) groups excluding carboxylic acids is 2. The minimum absolute atomic E-state index is 0.0863. The van der Waals surface area contributed by atoms with E-state index in [1.807, 2.05) is 0 Å². The van der Waals surface area contributed by atoms with E-state index in [2.05, 4.69) is 20.8 Å². The largest absolute Gasteiger partial charge is 0.466 e. The van der Waals surface area contributed by atoms with Crippen LogP contribution in [0.15, 0.2) is 0 Å². The number of unbranched alkanes of at least 4 members (excludes halogenated alkanes) is 6. The molecule has 0 aromatic rings. The summed E-state index contributed by atoms with van der Waals surface area (Å²) in [5, 5.41) is 0. The third-order valence-electron chi connectivity index (χ3n) is 4.22. The van der Waals surface area contributed by atoms with E-state index in [-0.39, 0.29) is 11.9 Å². The highest BCUT2D eigenvalue weighted by atomic mass is 16.5. The van der Waals surface area contributed by atoms with Crippen LogP contribution in [0.4, 0.5) is 0 Å². The normalized spacial score (nSPS) is 10.8. The average Bonchev–Trinajstić information content (AvgIpc) is 2.55. The zero-order chi connectivity index (χ0) is 18.0. The van der Waals surface area contributed by atoms with Crippen LogP contribution in [0.1, 0.15) is 97.8 Å². The van der Waals surface area contributed by atoms with Gasteiger partial charge in [-0.3, -0.25) is 9.59 Å². The van der Waals surface area contributed by atoms with Gasteiger partial charge in [0.05, 0.1) is 13.2 Å². The molecule has 0 aliphatic heterocycles. The minimum atomic E-state index is -0.0863. The molecule has 0 saturated heterocycles. The Bertz CT molecular complexity index is 285. The quantitative estimate of drug-likeness (QED) is 0.277. The van der Waals surface area contributed by atoms with Crippen LogP contribution >= 0.6 is 0 Å². The first kappa shape index (κ1) is 22.9. The fourth-order valence-corrected chi connectivity index (χ4v) is 2.43. The van der Waals surface area contributed by atoms with Crippen molar-refractivity contribution in [3.63, 3.8) is 0 Å². The minimum Gasteiger partial charge on any atom is -0.466 e. The summed E-state index contributed by atoms with van der Waals surface area (Å²) in [5.41, 5.74) is 0. The van der Waals surface area contributed by atoms with Gasteiger partial charge in [-0.1, -0.05) is 59.3 Å². The van der Waals surface area contributed by atoms with Gasteiger partial charge >= 0.3 is 11.9 Å². The molecule has 0 bridgehead atoms. The van der Waals surface area contributed by atoms with Crippen LogP contribution in [0.3, 0.4) is 0 Å². The van der Waals surface area contributed by atoms with Gasteiger partial charge < -0.3 is 9.47 Å². The molecule has 0 spiro atoms. The second-order valence-electron chi connectivity index (χ2n) is 6.74. The van der Waals surface area contributed by atoms with Crippen molar-refractivity contribution in [1.82, 2.24) is 0 Å². The molecule has 0 aromatic heterocycles. The molecule has 0 rings (SSSR count). The predicted molar refractivity (Wildman–Crippen MR) is 97.8 cm³/mol. The predicted octanol–water partition coefficient (Wildman–Crippen LogP) is 5.43. The van der Waals surface area contributed by atoms with Crippen molar-refractivity contribution < 1.29 is 19.1 Å². The summed E-state index contributed by atoms with van der Waals surface area (Å²) in [4.78, 5) is 23.1. The smallest absolute Gasteiger partial charge is 0.305 e. The zero-order valence-electron chi connectivity index (χ0n) is 16.1. The number of hydrogen-bond acceptors (Lipinski definition) is 4. The molecule has 0 fully saturated rings. The van der Waals surface area contributed by atoms with E-state index in [1.54, 1.807) is 0 Å². The van der Waals surface area contributed by atoms with Crippen molar-refractivity contribution in [3.05, 3.63) is 0 Å². The van der Waals surface area contributed by atoms with Gasteiger partial charge in [-0.25, -0.2) is 0 Å². The maximum absolute atomic E-state index is 11.5. The van der Waals surface area contributed by atoms with E-state index in [9.17, 15) is 9.59 Å². The van der Waals surface area contributed by atoms with Crippen molar-refractivity contribution in [1.29, 1.82) is 0 Å². The van der Waals surface area contributed by atoms with E-state index in [4.69, 9.17) is 9.47 Å². The average molecular weight is 343 g/mol. The molecular formula is C20H38O4. The van der Waals surface area contributed by atoms with Crippen LogP contribution in [0.5, 0.6) is 0 Å². The Kier molecular flexibility index (Phi) is 16.0. The Morgan fingerprint density at radius 3 is 1.50 bits per heavy atom. The fourth-order valence-electron chi connectivity index (χ4n) is 2.43. The van der Waals surface area contributed by atoms with Crippen molar-refractivity contribution in [2.45, 2.75) is 97.8 Å². The molecule has 142 valence electrons. The van der Waals surface area contributed by atoms with Gasteiger partial charge in [0.1, 0.15) is 0 Å². The van der Waals surface area contributed by atoms with Gasteiger partial charge in [0.15, 0.2) is 0 Å². The van der Waals surface area contributed by atoms with Gasteiger partial charge in [-0.05, 0) is 31.6 Å². The van der Waals surface area contributed by atoms with Crippen molar-refractivity contribution in [2.75, 3.05) is 13.2 Å². The van der Waals surface area contributed by atoms with Crippen molar-refractivity contribution in [2.24, 2.45) is 5.92 Å². The van der Waals surface area contributed by atoms with Gasteiger partial charge in [-0.2, -0.15) is 0 Å². The molecule has 0 atom stereocenters. The van der Waals surface area contributed by atoms with E-state index < -0.39 is 0 Å². The van der Waals surface area contributed by atoms with Crippen LogP contribution in [-0.4, -0.2) is 25.2 Å². The Morgan fingerprint density at radius 1 is 0.708 bits per heavy atom. The summed E-state index contributed by atoms with van der Waals surface area (Å²) < 4.78 is 10.5. The highest BCUT2D eigenvalue weighted by molar-refractivity contribution is 5.69. The molecule has 4 heteroatoms. The maximum Gasteiger partial charge on any atom is 0.305 e. The number of carbonyl (C=O) groups is 2. The SMILES string of the molecule is CCCCCCC(=O)OCCC(C)CCOC(=O)CCCCCC. The zero-order valence-corrected chi connectivity index (χ0v) is 16.1. The lowest BCUT2D eigenvalue weighted by molar-refractivity contribution is -0.144. The molecule has 0 aliphatic carbocycles.